The summed E-state index contributed by atoms with van der Waals surface area (Å²) in [4.78, 5) is 17.5. The van der Waals surface area contributed by atoms with Crippen LogP contribution in [0.15, 0.2) is 48.5 Å². The molecular formula is C24H28F3N3O. The molecule has 2 heterocycles. The molecule has 2 aromatic carbocycles. The van der Waals surface area contributed by atoms with Crippen LogP contribution in [-0.4, -0.2) is 42.5 Å². The molecule has 0 aromatic heterocycles. The van der Waals surface area contributed by atoms with Gasteiger partial charge in [-0.25, -0.2) is 0 Å². The number of alkyl halides is 3. The lowest BCUT2D eigenvalue weighted by Crippen LogP contribution is -2.61. The first-order valence-electron chi connectivity index (χ1n) is 10.8. The summed E-state index contributed by atoms with van der Waals surface area (Å²) < 4.78 is 39.8. The molecule has 1 saturated heterocycles. The Bertz CT molecular complexity index is 929. The molecule has 2 unspecified atom stereocenters. The summed E-state index contributed by atoms with van der Waals surface area (Å²) in [6.45, 7) is 6.77. The molecule has 2 atom stereocenters. The van der Waals surface area contributed by atoms with Crippen LogP contribution in [0.3, 0.4) is 0 Å². The van der Waals surface area contributed by atoms with Gasteiger partial charge in [-0.15, -0.1) is 0 Å². The Balaban J connectivity index is 1.63. The first-order valence-corrected chi connectivity index (χ1v) is 10.8. The number of carbonyl (C=O) groups excluding carboxylic acids is 1. The van der Waals surface area contributed by atoms with Crippen molar-refractivity contribution < 1.29 is 18.0 Å². The van der Waals surface area contributed by atoms with E-state index in [2.05, 4.69) is 27.2 Å². The number of carbonyl (C=O) groups is 1. The van der Waals surface area contributed by atoms with Crippen LogP contribution in [0.2, 0.25) is 0 Å². The molecule has 0 aliphatic carbocycles. The van der Waals surface area contributed by atoms with Crippen molar-refractivity contribution in [3.63, 3.8) is 0 Å². The van der Waals surface area contributed by atoms with Gasteiger partial charge in [0.15, 0.2) is 0 Å². The molecule has 0 spiro atoms. The zero-order valence-corrected chi connectivity index (χ0v) is 17.8. The number of hydrogen-bond acceptors (Lipinski definition) is 3. The molecule has 1 amide bonds. The minimum atomic E-state index is -4.39. The normalized spacial score (nSPS) is 21.5. The summed E-state index contributed by atoms with van der Waals surface area (Å²) >= 11 is 0. The number of nitrogens with zero attached hydrogens (tertiary/aromatic N) is 2. The number of halogens is 3. The van der Waals surface area contributed by atoms with Crippen LogP contribution in [0.5, 0.6) is 0 Å². The van der Waals surface area contributed by atoms with E-state index in [-0.39, 0.29) is 18.0 Å². The average Bonchev–Trinajstić information content (AvgIpc) is 2.72. The maximum atomic E-state index is 13.3. The van der Waals surface area contributed by atoms with E-state index in [1.54, 1.807) is 6.07 Å². The number of hydrogen-bond donors (Lipinski definition) is 1. The Kier molecular flexibility index (Phi) is 5.97. The van der Waals surface area contributed by atoms with Gasteiger partial charge in [-0.05, 0) is 49.6 Å². The van der Waals surface area contributed by atoms with Crippen LogP contribution in [0.4, 0.5) is 18.9 Å². The van der Waals surface area contributed by atoms with Crippen molar-refractivity contribution in [2.75, 3.05) is 24.5 Å². The minimum Gasteiger partial charge on any atom is -0.365 e. The lowest BCUT2D eigenvalue weighted by molar-refractivity contribution is -0.137. The van der Waals surface area contributed by atoms with E-state index in [0.29, 0.717) is 25.1 Å². The van der Waals surface area contributed by atoms with Crippen molar-refractivity contribution in [3.8, 4) is 0 Å². The molecule has 4 nitrogen and oxygen atoms in total. The highest BCUT2D eigenvalue weighted by atomic mass is 19.4. The topological polar surface area (TPSA) is 35.6 Å². The van der Waals surface area contributed by atoms with Gasteiger partial charge in [0.25, 0.3) is 0 Å². The number of amides is 1. The number of fused-ring (bicyclic) bond motifs is 3. The first kappa shape index (κ1) is 21.7. The first-order chi connectivity index (χ1) is 14.7. The zero-order valence-electron chi connectivity index (χ0n) is 17.8. The van der Waals surface area contributed by atoms with Gasteiger partial charge in [-0.1, -0.05) is 30.3 Å². The predicted molar refractivity (Wildman–Crippen MR) is 115 cm³/mol. The highest BCUT2D eigenvalue weighted by molar-refractivity contribution is 5.82. The van der Waals surface area contributed by atoms with E-state index >= 15 is 0 Å². The standard InChI is InChI=1S/C24H28F3N3O/c1-16(2)28-23(31)20-13-18-12-19(24(25,26)27)8-9-21(18)30-11-10-29(15-22(20)30)14-17-6-4-3-5-7-17/h3-9,12,16,20,22H,10-11,13-15H2,1-2H3,(H,28,31). The molecule has 0 bridgehead atoms. The molecule has 2 aromatic rings. The molecule has 0 radical (unpaired) electrons. The van der Waals surface area contributed by atoms with Crippen molar-refractivity contribution in [1.29, 1.82) is 0 Å². The van der Waals surface area contributed by atoms with Crippen LogP contribution in [0.1, 0.15) is 30.5 Å². The number of piperazine rings is 1. The summed E-state index contributed by atoms with van der Waals surface area (Å²) in [7, 11) is 0. The third kappa shape index (κ3) is 4.71. The van der Waals surface area contributed by atoms with E-state index < -0.39 is 17.7 Å². The second-order valence-electron chi connectivity index (χ2n) is 8.80. The molecule has 166 valence electrons. The van der Waals surface area contributed by atoms with Crippen molar-refractivity contribution in [3.05, 3.63) is 65.2 Å². The van der Waals surface area contributed by atoms with Crippen molar-refractivity contribution >= 4 is 11.6 Å². The lowest BCUT2D eigenvalue weighted by Gasteiger charge is -2.49. The van der Waals surface area contributed by atoms with Crippen LogP contribution in [-0.2, 0) is 23.9 Å². The van der Waals surface area contributed by atoms with Crippen molar-refractivity contribution in [1.82, 2.24) is 10.2 Å². The second-order valence-corrected chi connectivity index (χ2v) is 8.80. The molecule has 1 fully saturated rings. The van der Waals surface area contributed by atoms with E-state index in [1.165, 1.54) is 11.6 Å². The van der Waals surface area contributed by atoms with Crippen LogP contribution in [0, 0.1) is 5.92 Å². The predicted octanol–water partition coefficient (Wildman–Crippen LogP) is 4.09. The maximum Gasteiger partial charge on any atom is 0.416 e. The number of benzene rings is 2. The molecule has 0 saturated carbocycles. The third-order valence-corrected chi connectivity index (χ3v) is 6.14. The van der Waals surface area contributed by atoms with Gasteiger partial charge in [-0.3, -0.25) is 9.69 Å². The smallest absolute Gasteiger partial charge is 0.365 e. The van der Waals surface area contributed by atoms with E-state index in [4.69, 9.17) is 0 Å². The van der Waals surface area contributed by atoms with Crippen molar-refractivity contribution in [2.24, 2.45) is 5.92 Å². The van der Waals surface area contributed by atoms with Gasteiger partial charge >= 0.3 is 6.18 Å². The zero-order chi connectivity index (χ0) is 22.2. The number of anilines is 1. The molecule has 4 rings (SSSR count). The maximum absolute atomic E-state index is 13.3. The fourth-order valence-electron chi connectivity index (χ4n) is 4.74. The molecule has 1 N–H and O–H groups in total. The largest absolute Gasteiger partial charge is 0.416 e. The molecular weight excluding hydrogens is 403 g/mol. The van der Waals surface area contributed by atoms with Gasteiger partial charge in [-0.2, -0.15) is 13.2 Å². The van der Waals surface area contributed by atoms with Crippen molar-refractivity contribution in [2.45, 2.75) is 45.1 Å². The molecule has 2 aliphatic heterocycles. The van der Waals surface area contributed by atoms with Crippen LogP contribution < -0.4 is 10.2 Å². The summed E-state index contributed by atoms with van der Waals surface area (Å²) in [5.41, 5.74) is 1.98. The van der Waals surface area contributed by atoms with Gasteiger partial charge in [0, 0.05) is 37.9 Å². The summed E-state index contributed by atoms with van der Waals surface area (Å²) in [5, 5.41) is 2.98. The van der Waals surface area contributed by atoms with Gasteiger partial charge in [0.05, 0.1) is 17.5 Å². The Morgan fingerprint density at radius 2 is 1.87 bits per heavy atom. The third-order valence-electron chi connectivity index (χ3n) is 6.14. The van der Waals surface area contributed by atoms with Gasteiger partial charge < -0.3 is 10.2 Å². The fraction of sp³-hybridized carbons (Fsp3) is 0.458. The Morgan fingerprint density at radius 1 is 1.13 bits per heavy atom. The summed E-state index contributed by atoms with van der Waals surface area (Å²) in [6.07, 6.45) is -4.08. The molecule has 31 heavy (non-hydrogen) atoms. The van der Waals surface area contributed by atoms with Crippen LogP contribution in [0.25, 0.3) is 0 Å². The lowest BCUT2D eigenvalue weighted by atomic mass is 9.82. The number of rotatable bonds is 4. The highest BCUT2D eigenvalue weighted by Gasteiger charge is 2.42. The number of nitrogens with one attached hydrogen (secondary N) is 1. The van der Waals surface area contributed by atoms with Crippen LogP contribution >= 0.6 is 0 Å². The monoisotopic (exact) mass is 431 g/mol. The van der Waals surface area contributed by atoms with E-state index in [0.717, 1.165) is 24.8 Å². The van der Waals surface area contributed by atoms with Gasteiger partial charge in [0.2, 0.25) is 5.91 Å². The molecule has 7 heteroatoms. The Labute approximate surface area is 181 Å². The second kappa shape index (κ2) is 8.54. The minimum absolute atomic E-state index is 0.0205. The fourth-order valence-corrected chi connectivity index (χ4v) is 4.74. The average molecular weight is 432 g/mol. The highest BCUT2D eigenvalue weighted by Crippen LogP contribution is 2.40. The van der Waals surface area contributed by atoms with Gasteiger partial charge in [0.1, 0.15) is 0 Å². The van der Waals surface area contributed by atoms with E-state index in [9.17, 15) is 18.0 Å². The van der Waals surface area contributed by atoms with E-state index in [1.807, 2.05) is 32.0 Å². The Morgan fingerprint density at radius 3 is 2.55 bits per heavy atom. The Hall–Kier alpha value is -2.54. The summed E-state index contributed by atoms with van der Waals surface area (Å²) in [6, 6.07) is 14.1. The summed E-state index contributed by atoms with van der Waals surface area (Å²) in [5.74, 6) is -0.480. The quantitative estimate of drug-likeness (QED) is 0.792. The molecule has 2 aliphatic rings. The SMILES string of the molecule is CC(C)NC(=O)C1Cc2cc(C(F)(F)F)ccc2N2CCN(Cc3ccccc3)CC12.